The summed E-state index contributed by atoms with van der Waals surface area (Å²) in [6, 6.07) is 15.1. The number of hydrogen-bond acceptors (Lipinski definition) is 3. The van der Waals surface area contributed by atoms with Crippen LogP contribution in [0.25, 0.3) is 10.9 Å². The molecule has 1 aromatic heterocycles. The molecule has 2 N–H and O–H groups in total. The van der Waals surface area contributed by atoms with Crippen LogP contribution in [0.2, 0.25) is 5.02 Å². The van der Waals surface area contributed by atoms with Crippen molar-refractivity contribution >= 4 is 34.4 Å². The minimum atomic E-state index is -0.375. The molecule has 3 aromatic rings. The Bertz CT molecular complexity index is 967. The van der Waals surface area contributed by atoms with E-state index >= 15 is 0 Å². The van der Waals surface area contributed by atoms with Gasteiger partial charge in [-0.1, -0.05) is 48.0 Å². The second-order valence-electron chi connectivity index (χ2n) is 6.68. The summed E-state index contributed by atoms with van der Waals surface area (Å²) in [6.07, 6.45) is 3.68. The van der Waals surface area contributed by atoms with Gasteiger partial charge in [0.1, 0.15) is 0 Å². The van der Waals surface area contributed by atoms with Gasteiger partial charge in [0.2, 0.25) is 0 Å². The van der Waals surface area contributed by atoms with Gasteiger partial charge in [-0.2, -0.15) is 0 Å². The topological polar surface area (TPSA) is 71.2 Å². The van der Waals surface area contributed by atoms with Gasteiger partial charge in [-0.3, -0.25) is 9.59 Å². The lowest BCUT2D eigenvalue weighted by atomic mass is 10.1. The first-order valence-electron chi connectivity index (χ1n) is 9.29. The molecule has 0 saturated carbocycles. The van der Waals surface area contributed by atoms with Crippen molar-refractivity contribution in [3.63, 3.8) is 0 Å². The van der Waals surface area contributed by atoms with E-state index in [0.29, 0.717) is 11.4 Å². The molecule has 0 fully saturated rings. The van der Waals surface area contributed by atoms with Crippen LogP contribution >= 0.6 is 11.6 Å². The highest BCUT2D eigenvalue weighted by atomic mass is 35.5. The minimum absolute atomic E-state index is 0.262. The number of amides is 1. The average molecular weight is 399 g/mol. The molecule has 28 heavy (non-hydrogen) atoms. The fraction of sp³-hybridized carbons (Fsp3) is 0.273. The molecule has 0 aliphatic heterocycles. The summed E-state index contributed by atoms with van der Waals surface area (Å²) in [7, 11) is 0. The van der Waals surface area contributed by atoms with E-state index in [9.17, 15) is 9.59 Å². The number of aryl methyl sites for hydroxylation is 1. The van der Waals surface area contributed by atoms with E-state index in [2.05, 4.69) is 16.4 Å². The number of H-pyrrole nitrogens is 1. The number of rotatable bonds is 8. The van der Waals surface area contributed by atoms with Gasteiger partial charge in [-0.15, -0.1) is 0 Å². The Labute approximate surface area is 169 Å². The standard InChI is InChI=1S/C22H23ClN2O3/c1-15(17-8-2-4-10-19(17)23)25-21(26)14-28-22(27)12-6-7-16-13-24-20-11-5-3-9-18(16)20/h2-5,8-11,13,15,24H,6-7,12,14H2,1H3,(H,25,26)/t15-/m1/s1. The van der Waals surface area contributed by atoms with Crippen molar-refractivity contribution in [3.05, 3.63) is 70.9 Å². The number of benzene rings is 2. The maximum Gasteiger partial charge on any atom is 0.306 e. The molecule has 0 aliphatic carbocycles. The van der Waals surface area contributed by atoms with Gasteiger partial charge >= 0.3 is 5.97 Å². The molecule has 0 unspecified atom stereocenters. The van der Waals surface area contributed by atoms with Crippen molar-refractivity contribution in [3.8, 4) is 0 Å². The Morgan fingerprint density at radius 2 is 1.89 bits per heavy atom. The molecule has 146 valence electrons. The molecule has 0 spiro atoms. The van der Waals surface area contributed by atoms with Gasteiger partial charge in [0.15, 0.2) is 6.61 Å². The third-order valence-corrected chi connectivity index (χ3v) is 4.96. The Balaban J connectivity index is 1.39. The molecule has 0 bridgehead atoms. The number of halogens is 1. The highest BCUT2D eigenvalue weighted by Crippen LogP contribution is 2.22. The Morgan fingerprint density at radius 3 is 2.71 bits per heavy atom. The summed E-state index contributed by atoms with van der Waals surface area (Å²) in [5.74, 6) is -0.724. The van der Waals surface area contributed by atoms with Crippen LogP contribution in [-0.4, -0.2) is 23.5 Å². The van der Waals surface area contributed by atoms with Crippen molar-refractivity contribution in [2.45, 2.75) is 32.2 Å². The van der Waals surface area contributed by atoms with Crippen LogP contribution in [0.1, 0.15) is 36.9 Å². The number of para-hydroxylation sites is 1. The molecule has 1 amide bonds. The fourth-order valence-electron chi connectivity index (χ4n) is 3.17. The van der Waals surface area contributed by atoms with E-state index in [0.717, 1.165) is 17.5 Å². The number of hydrogen-bond donors (Lipinski definition) is 2. The van der Waals surface area contributed by atoms with Crippen LogP contribution < -0.4 is 5.32 Å². The van der Waals surface area contributed by atoms with E-state index < -0.39 is 0 Å². The van der Waals surface area contributed by atoms with Gasteiger partial charge in [-0.25, -0.2) is 0 Å². The predicted octanol–water partition coefficient (Wildman–Crippen LogP) is 4.56. The highest BCUT2D eigenvalue weighted by Gasteiger charge is 2.14. The molecule has 0 radical (unpaired) electrons. The van der Waals surface area contributed by atoms with E-state index in [1.165, 1.54) is 10.9 Å². The Kier molecular flexibility index (Phi) is 6.71. The second kappa shape index (κ2) is 9.42. The van der Waals surface area contributed by atoms with Crippen LogP contribution in [0.5, 0.6) is 0 Å². The van der Waals surface area contributed by atoms with Crippen LogP contribution in [-0.2, 0) is 20.7 Å². The summed E-state index contributed by atoms with van der Waals surface area (Å²) < 4.78 is 5.09. The maximum absolute atomic E-state index is 12.0. The first-order valence-corrected chi connectivity index (χ1v) is 9.67. The number of aromatic nitrogens is 1. The van der Waals surface area contributed by atoms with Gasteiger partial charge in [-0.05, 0) is 43.0 Å². The minimum Gasteiger partial charge on any atom is -0.456 e. The van der Waals surface area contributed by atoms with Crippen molar-refractivity contribution in [2.24, 2.45) is 0 Å². The third kappa shape index (κ3) is 5.14. The van der Waals surface area contributed by atoms with Crippen LogP contribution in [0, 0.1) is 0 Å². The first-order chi connectivity index (χ1) is 13.5. The lowest BCUT2D eigenvalue weighted by Gasteiger charge is -2.15. The lowest BCUT2D eigenvalue weighted by Crippen LogP contribution is -2.31. The fourth-order valence-corrected chi connectivity index (χ4v) is 3.47. The lowest BCUT2D eigenvalue weighted by molar-refractivity contribution is -0.148. The number of aromatic amines is 1. The summed E-state index contributed by atoms with van der Waals surface area (Å²) in [5.41, 5.74) is 3.08. The Hall–Kier alpha value is -2.79. The van der Waals surface area contributed by atoms with E-state index in [1.54, 1.807) is 6.07 Å². The maximum atomic E-state index is 12.0. The largest absolute Gasteiger partial charge is 0.456 e. The molecule has 0 saturated heterocycles. The normalized spacial score (nSPS) is 11.9. The van der Waals surface area contributed by atoms with Crippen molar-refractivity contribution in [2.75, 3.05) is 6.61 Å². The van der Waals surface area contributed by atoms with Crippen molar-refractivity contribution < 1.29 is 14.3 Å². The zero-order chi connectivity index (χ0) is 19.9. The average Bonchev–Trinajstić information content (AvgIpc) is 3.10. The number of carbonyl (C=O) groups excluding carboxylic acids is 2. The van der Waals surface area contributed by atoms with E-state index in [-0.39, 0.29) is 30.9 Å². The van der Waals surface area contributed by atoms with Crippen LogP contribution in [0.15, 0.2) is 54.7 Å². The molecule has 2 aromatic carbocycles. The van der Waals surface area contributed by atoms with E-state index in [4.69, 9.17) is 16.3 Å². The van der Waals surface area contributed by atoms with E-state index in [1.807, 2.05) is 49.5 Å². The summed E-state index contributed by atoms with van der Waals surface area (Å²) in [6.45, 7) is 1.54. The molecule has 5 nitrogen and oxygen atoms in total. The third-order valence-electron chi connectivity index (χ3n) is 4.62. The number of nitrogens with one attached hydrogen (secondary N) is 2. The van der Waals surface area contributed by atoms with Crippen LogP contribution in [0.3, 0.4) is 0 Å². The number of fused-ring (bicyclic) bond motifs is 1. The smallest absolute Gasteiger partial charge is 0.306 e. The molecule has 1 atom stereocenters. The molecule has 0 aliphatic rings. The summed E-state index contributed by atoms with van der Waals surface area (Å²) >= 11 is 6.13. The molecule has 1 heterocycles. The Morgan fingerprint density at radius 1 is 1.14 bits per heavy atom. The number of ether oxygens (including phenoxy) is 1. The quantitative estimate of drug-likeness (QED) is 0.546. The number of esters is 1. The van der Waals surface area contributed by atoms with Crippen molar-refractivity contribution in [1.82, 2.24) is 10.3 Å². The number of carbonyl (C=O) groups is 2. The first kappa shape index (κ1) is 20.0. The molecular formula is C22H23ClN2O3. The zero-order valence-electron chi connectivity index (χ0n) is 15.7. The molecular weight excluding hydrogens is 376 g/mol. The highest BCUT2D eigenvalue weighted by molar-refractivity contribution is 6.31. The van der Waals surface area contributed by atoms with Gasteiger partial charge in [0, 0.05) is 28.5 Å². The second-order valence-corrected chi connectivity index (χ2v) is 7.09. The molecule has 3 rings (SSSR count). The predicted molar refractivity (Wildman–Crippen MR) is 110 cm³/mol. The van der Waals surface area contributed by atoms with Crippen LogP contribution in [0.4, 0.5) is 0 Å². The SMILES string of the molecule is C[C@@H](NC(=O)COC(=O)CCCc1c[nH]c2ccccc12)c1ccccc1Cl. The van der Waals surface area contributed by atoms with Crippen molar-refractivity contribution in [1.29, 1.82) is 0 Å². The molecule has 6 heteroatoms. The van der Waals surface area contributed by atoms with Gasteiger partial charge < -0.3 is 15.0 Å². The van der Waals surface area contributed by atoms with Gasteiger partial charge in [0.05, 0.1) is 6.04 Å². The zero-order valence-corrected chi connectivity index (χ0v) is 16.5. The van der Waals surface area contributed by atoms with Gasteiger partial charge in [0.25, 0.3) is 5.91 Å². The summed E-state index contributed by atoms with van der Waals surface area (Å²) in [4.78, 5) is 27.2. The summed E-state index contributed by atoms with van der Waals surface area (Å²) in [5, 5.41) is 4.54. The monoisotopic (exact) mass is 398 g/mol.